The first kappa shape index (κ1) is 10.5. The summed E-state index contributed by atoms with van der Waals surface area (Å²) in [5.41, 5.74) is 9.37. The maximum absolute atomic E-state index is 5.71. The van der Waals surface area contributed by atoms with Gasteiger partial charge in [-0.05, 0) is 31.5 Å². The largest absolute Gasteiger partial charge is 0.399 e. The van der Waals surface area contributed by atoms with Gasteiger partial charge in [0.05, 0.1) is 11.4 Å². The number of hydrogen-bond donors (Lipinski definition) is 1. The molecule has 1 aromatic carbocycles. The van der Waals surface area contributed by atoms with Crippen molar-refractivity contribution in [2.24, 2.45) is 0 Å². The zero-order valence-corrected chi connectivity index (χ0v) is 9.44. The number of anilines is 1. The normalized spacial score (nSPS) is 10.4. The third-order valence-electron chi connectivity index (χ3n) is 2.45. The molecule has 4 heteroatoms. The minimum atomic E-state index is 0.666. The molecule has 0 aliphatic heterocycles. The van der Waals surface area contributed by atoms with Crippen LogP contribution in [0.3, 0.4) is 0 Å². The Morgan fingerprint density at radius 3 is 2.62 bits per heavy atom. The van der Waals surface area contributed by atoms with Crippen LogP contribution < -0.4 is 5.73 Å². The lowest BCUT2D eigenvalue weighted by atomic mass is 10.1. The summed E-state index contributed by atoms with van der Waals surface area (Å²) >= 11 is 0. The van der Waals surface area contributed by atoms with Crippen LogP contribution in [0.4, 0.5) is 5.69 Å². The molecule has 16 heavy (non-hydrogen) atoms. The first-order chi connectivity index (χ1) is 7.65. The molecule has 2 N–H and O–H groups in total. The summed E-state index contributed by atoms with van der Waals surface area (Å²) < 4.78 is 0. The van der Waals surface area contributed by atoms with Crippen LogP contribution in [0.1, 0.15) is 22.8 Å². The average molecular weight is 214 g/mol. The number of aromatic nitrogens is 3. The Balaban J connectivity index is 2.24. The summed E-state index contributed by atoms with van der Waals surface area (Å²) in [6, 6.07) is 7.73. The summed E-state index contributed by atoms with van der Waals surface area (Å²) in [4.78, 5) is 4.38. The summed E-state index contributed by atoms with van der Waals surface area (Å²) in [5.74, 6) is 0.730. The van der Waals surface area contributed by atoms with Crippen LogP contribution >= 0.6 is 0 Å². The lowest BCUT2D eigenvalue weighted by molar-refractivity contribution is 0.817. The maximum Gasteiger partial charge on any atom is 0.155 e. The fourth-order valence-corrected chi connectivity index (χ4v) is 1.46. The third kappa shape index (κ3) is 2.34. The van der Waals surface area contributed by atoms with Gasteiger partial charge in [0.25, 0.3) is 0 Å². The van der Waals surface area contributed by atoms with E-state index in [-0.39, 0.29) is 0 Å². The molecular weight excluding hydrogens is 200 g/mol. The molecule has 4 nitrogen and oxygen atoms in total. The second kappa shape index (κ2) is 4.26. The molecule has 0 bridgehead atoms. The lowest BCUT2D eigenvalue weighted by Crippen LogP contribution is -2.03. The highest BCUT2D eigenvalue weighted by molar-refractivity contribution is 5.41. The van der Waals surface area contributed by atoms with Gasteiger partial charge >= 0.3 is 0 Å². The number of hydrogen-bond acceptors (Lipinski definition) is 4. The Kier molecular flexibility index (Phi) is 2.81. The zero-order valence-electron chi connectivity index (χ0n) is 9.44. The van der Waals surface area contributed by atoms with Gasteiger partial charge in [-0.15, -0.1) is 5.10 Å². The molecule has 0 radical (unpaired) electrons. The number of nitrogens with two attached hydrogens (primary N) is 1. The topological polar surface area (TPSA) is 64.7 Å². The van der Waals surface area contributed by atoms with E-state index in [1.165, 1.54) is 0 Å². The molecule has 0 saturated heterocycles. The van der Waals surface area contributed by atoms with E-state index in [1.54, 1.807) is 0 Å². The SMILES string of the molecule is Cc1nnc(Cc2cccc(N)c2)nc1C. The Hall–Kier alpha value is -1.97. The van der Waals surface area contributed by atoms with Crippen molar-refractivity contribution < 1.29 is 0 Å². The summed E-state index contributed by atoms with van der Waals surface area (Å²) in [5, 5.41) is 8.12. The second-order valence-electron chi connectivity index (χ2n) is 3.82. The highest BCUT2D eigenvalue weighted by Crippen LogP contribution is 2.10. The quantitative estimate of drug-likeness (QED) is 0.772. The maximum atomic E-state index is 5.71. The molecular formula is C12H14N4. The standard InChI is InChI=1S/C12H14N4/c1-8-9(2)15-16-12(14-8)7-10-4-3-5-11(13)6-10/h3-6H,7,13H2,1-2H3. The van der Waals surface area contributed by atoms with Gasteiger partial charge in [-0.1, -0.05) is 12.1 Å². The summed E-state index contributed by atoms with van der Waals surface area (Å²) in [6.07, 6.45) is 0.666. The molecule has 0 amide bonds. The van der Waals surface area contributed by atoms with Crippen molar-refractivity contribution in [2.75, 3.05) is 5.73 Å². The van der Waals surface area contributed by atoms with Crippen LogP contribution in [0, 0.1) is 13.8 Å². The minimum absolute atomic E-state index is 0.666. The van der Waals surface area contributed by atoms with E-state index in [0.29, 0.717) is 6.42 Å². The highest BCUT2D eigenvalue weighted by Gasteiger charge is 2.03. The van der Waals surface area contributed by atoms with Crippen LogP contribution in [-0.2, 0) is 6.42 Å². The monoisotopic (exact) mass is 214 g/mol. The molecule has 2 aromatic rings. The van der Waals surface area contributed by atoms with E-state index in [4.69, 9.17) is 5.73 Å². The average Bonchev–Trinajstić information content (AvgIpc) is 2.24. The van der Waals surface area contributed by atoms with E-state index in [1.807, 2.05) is 38.1 Å². The fourth-order valence-electron chi connectivity index (χ4n) is 1.46. The van der Waals surface area contributed by atoms with Crippen molar-refractivity contribution in [2.45, 2.75) is 20.3 Å². The number of aryl methyl sites for hydroxylation is 2. The molecule has 82 valence electrons. The molecule has 1 heterocycles. The Morgan fingerprint density at radius 1 is 1.12 bits per heavy atom. The second-order valence-corrected chi connectivity index (χ2v) is 3.82. The van der Waals surface area contributed by atoms with Crippen LogP contribution in [0.5, 0.6) is 0 Å². The molecule has 0 unspecified atom stereocenters. The Labute approximate surface area is 94.6 Å². The predicted molar refractivity (Wildman–Crippen MR) is 63.0 cm³/mol. The van der Waals surface area contributed by atoms with Gasteiger partial charge in [0, 0.05) is 12.1 Å². The minimum Gasteiger partial charge on any atom is -0.399 e. The van der Waals surface area contributed by atoms with Crippen LogP contribution in [-0.4, -0.2) is 15.2 Å². The van der Waals surface area contributed by atoms with Crippen molar-refractivity contribution in [3.8, 4) is 0 Å². The Morgan fingerprint density at radius 2 is 1.94 bits per heavy atom. The van der Waals surface area contributed by atoms with Gasteiger partial charge in [-0.25, -0.2) is 4.98 Å². The number of nitrogens with zero attached hydrogens (tertiary/aromatic N) is 3. The highest BCUT2D eigenvalue weighted by atomic mass is 15.2. The molecule has 0 fully saturated rings. The van der Waals surface area contributed by atoms with Crippen molar-refractivity contribution in [3.63, 3.8) is 0 Å². The van der Waals surface area contributed by atoms with Gasteiger partial charge in [-0.2, -0.15) is 5.10 Å². The zero-order chi connectivity index (χ0) is 11.5. The number of rotatable bonds is 2. The van der Waals surface area contributed by atoms with Gasteiger partial charge in [-0.3, -0.25) is 0 Å². The van der Waals surface area contributed by atoms with E-state index >= 15 is 0 Å². The van der Waals surface area contributed by atoms with E-state index < -0.39 is 0 Å². The molecule has 0 spiro atoms. The van der Waals surface area contributed by atoms with Crippen molar-refractivity contribution in [3.05, 3.63) is 47.0 Å². The van der Waals surface area contributed by atoms with Crippen LogP contribution in [0.15, 0.2) is 24.3 Å². The van der Waals surface area contributed by atoms with E-state index in [9.17, 15) is 0 Å². The third-order valence-corrected chi connectivity index (χ3v) is 2.45. The fraction of sp³-hybridized carbons (Fsp3) is 0.250. The lowest BCUT2D eigenvalue weighted by Gasteiger charge is -2.03. The molecule has 1 aromatic heterocycles. The van der Waals surface area contributed by atoms with Crippen LogP contribution in [0.2, 0.25) is 0 Å². The summed E-state index contributed by atoms with van der Waals surface area (Å²) in [6.45, 7) is 3.84. The molecule has 0 atom stereocenters. The van der Waals surface area contributed by atoms with E-state index in [2.05, 4.69) is 15.2 Å². The molecule has 2 rings (SSSR count). The van der Waals surface area contributed by atoms with E-state index in [0.717, 1.165) is 28.5 Å². The first-order valence-corrected chi connectivity index (χ1v) is 5.16. The van der Waals surface area contributed by atoms with Gasteiger partial charge in [0.1, 0.15) is 0 Å². The number of benzene rings is 1. The van der Waals surface area contributed by atoms with Gasteiger partial charge in [0.15, 0.2) is 5.82 Å². The van der Waals surface area contributed by atoms with Crippen molar-refractivity contribution in [1.29, 1.82) is 0 Å². The summed E-state index contributed by atoms with van der Waals surface area (Å²) in [7, 11) is 0. The molecule has 0 saturated carbocycles. The van der Waals surface area contributed by atoms with Crippen molar-refractivity contribution in [1.82, 2.24) is 15.2 Å². The molecule has 0 aliphatic rings. The van der Waals surface area contributed by atoms with Crippen molar-refractivity contribution >= 4 is 5.69 Å². The molecule has 0 aliphatic carbocycles. The Bertz CT molecular complexity index is 508. The first-order valence-electron chi connectivity index (χ1n) is 5.16. The number of nitrogen functional groups attached to an aromatic ring is 1. The van der Waals surface area contributed by atoms with Crippen LogP contribution in [0.25, 0.3) is 0 Å². The van der Waals surface area contributed by atoms with Gasteiger partial charge in [0.2, 0.25) is 0 Å². The smallest absolute Gasteiger partial charge is 0.155 e. The van der Waals surface area contributed by atoms with Gasteiger partial charge < -0.3 is 5.73 Å². The predicted octanol–water partition coefficient (Wildman–Crippen LogP) is 1.66.